The lowest BCUT2D eigenvalue weighted by atomic mass is 9.92. The molecule has 1 aliphatic rings. The van der Waals surface area contributed by atoms with Gasteiger partial charge in [-0.15, -0.1) is 25.3 Å². The fraction of sp³-hybridized carbons (Fsp3) is 0.560. The van der Waals surface area contributed by atoms with Crippen LogP contribution < -0.4 is 10.3 Å². The Balaban J connectivity index is 1.59. The summed E-state index contributed by atoms with van der Waals surface area (Å²) in [4.78, 5) is 50.3. The average Bonchev–Trinajstić information content (AvgIpc) is 3.27. The van der Waals surface area contributed by atoms with Crippen LogP contribution in [0.5, 0.6) is 5.75 Å². The summed E-state index contributed by atoms with van der Waals surface area (Å²) in [7, 11) is -4.00. The molecule has 1 N–H and O–H groups in total. The number of hydrogen-bond donors (Lipinski definition) is 1. The minimum absolute atomic E-state index is 0.0308. The first kappa shape index (κ1) is 31.6. The van der Waals surface area contributed by atoms with Crippen LogP contribution in [0.1, 0.15) is 51.0 Å². The van der Waals surface area contributed by atoms with Gasteiger partial charge in [0.15, 0.2) is 11.3 Å². The average molecular weight is 624 g/mol. The molecule has 0 bridgehead atoms. The number of fused-ring (bicyclic) bond motifs is 1. The molecule has 0 amide bonds. The lowest BCUT2D eigenvalue weighted by molar-refractivity contribution is -0.790. The standard InChI is InChI=1S/C25H33N7O10S/c1-4-6-22-26-16(3)23-25(33)27-24(28-30(22)23)20-14-19(7-8-21(20)40-5-2)43(38,39)29-11-9-17(10-12-29)13-18(42-32(36)37)15-41-31(34)35/h7-8,14,17-18H,4-6,9-13,15H2,1-3H3,(H,27,28,33). The minimum atomic E-state index is -4.00. The molecule has 1 aromatic carbocycles. The summed E-state index contributed by atoms with van der Waals surface area (Å²) in [5, 5.41) is 23.8. The van der Waals surface area contributed by atoms with Gasteiger partial charge in [0.2, 0.25) is 10.0 Å². The molecule has 0 radical (unpaired) electrons. The van der Waals surface area contributed by atoms with Gasteiger partial charge in [0.05, 0.1) is 22.8 Å². The molecule has 0 aliphatic carbocycles. The Morgan fingerprint density at radius 1 is 1.16 bits per heavy atom. The van der Waals surface area contributed by atoms with Crippen LogP contribution in [0.3, 0.4) is 0 Å². The van der Waals surface area contributed by atoms with Crippen molar-refractivity contribution >= 4 is 15.5 Å². The van der Waals surface area contributed by atoms with Crippen molar-refractivity contribution in [3.8, 4) is 17.1 Å². The third-order valence-electron chi connectivity index (χ3n) is 7.13. The SMILES string of the molecule is CCCc1nc(C)c2c(=O)[nH]c(-c3cc(S(=O)(=O)N4CCC(CC(CO[N+](=O)[O-])O[N+](=O)[O-])CC4)ccc3OCC)nn12. The molecule has 4 rings (SSSR count). The Kier molecular flexibility index (Phi) is 9.80. The monoisotopic (exact) mass is 623 g/mol. The van der Waals surface area contributed by atoms with Crippen molar-refractivity contribution < 1.29 is 33.0 Å². The highest BCUT2D eigenvalue weighted by Crippen LogP contribution is 2.33. The van der Waals surface area contributed by atoms with Crippen molar-refractivity contribution in [3.63, 3.8) is 0 Å². The number of imidazole rings is 1. The molecule has 3 heterocycles. The molecule has 0 spiro atoms. The highest BCUT2D eigenvalue weighted by molar-refractivity contribution is 7.89. The van der Waals surface area contributed by atoms with E-state index in [1.807, 2.05) is 6.92 Å². The number of nitrogens with zero attached hydrogens (tertiary/aromatic N) is 6. The third kappa shape index (κ3) is 7.19. The lowest BCUT2D eigenvalue weighted by Crippen LogP contribution is -2.39. The van der Waals surface area contributed by atoms with E-state index in [1.165, 1.54) is 27.0 Å². The van der Waals surface area contributed by atoms with Crippen molar-refractivity contribution in [2.24, 2.45) is 5.92 Å². The second kappa shape index (κ2) is 13.3. The maximum absolute atomic E-state index is 13.7. The van der Waals surface area contributed by atoms with E-state index in [1.54, 1.807) is 13.8 Å². The maximum atomic E-state index is 13.7. The van der Waals surface area contributed by atoms with Crippen LogP contribution in [-0.4, -0.2) is 74.9 Å². The molecular formula is C25H33N7O10S. The van der Waals surface area contributed by atoms with Crippen LogP contribution >= 0.6 is 0 Å². The third-order valence-corrected chi connectivity index (χ3v) is 9.03. The summed E-state index contributed by atoms with van der Waals surface area (Å²) >= 11 is 0. The van der Waals surface area contributed by atoms with Gasteiger partial charge in [0.25, 0.3) is 15.7 Å². The smallest absolute Gasteiger partial charge is 0.294 e. The number of hydrogen-bond acceptors (Lipinski definition) is 12. The van der Waals surface area contributed by atoms with E-state index < -0.39 is 38.5 Å². The van der Waals surface area contributed by atoms with Gasteiger partial charge in [-0.1, -0.05) is 6.92 Å². The summed E-state index contributed by atoms with van der Waals surface area (Å²) in [6.07, 6.45) is 1.01. The number of ether oxygens (including phenoxy) is 1. The van der Waals surface area contributed by atoms with E-state index in [-0.39, 0.29) is 48.3 Å². The summed E-state index contributed by atoms with van der Waals surface area (Å²) in [6.45, 7) is 5.40. The number of H-pyrrole nitrogens is 1. The first-order chi connectivity index (χ1) is 20.4. The van der Waals surface area contributed by atoms with E-state index >= 15 is 0 Å². The van der Waals surface area contributed by atoms with Gasteiger partial charge >= 0.3 is 0 Å². The summed E-state index contributed by atoms with van der Waals surface area (Å²) in [5.74, 6) is 0.896. The quantitative estimate of drug-likeness (QED) is 0.202. The van der Waals surface area contributed by atoms with Crippen molar-refractivity contribution in [2.75, 3.05) is 26.3 Å². The Morgan fingerprint density at radius 2 is 1.88 bits per heavy atom. The number of aromatic amines is 1. The molecule has 2 aromatic heterocycles. The highest BCUT2D eigenvalue weighted by Gasteiger charge is 2.32. The van der Waals surface area contributed by atoms with Gasteiger partial charge < -0.3 is 19.4 Å². The number of aromatic nitrogens is 4. The predicted molar refractivity (Wildman–Crippen MR) is 150 cm³/mol. The largest absolute Gasteiger partial charge is 0.493 e. The molecule has 1 aliphatic heterocycles. The molecule has 1 atom stereocenters. The zero-order chi connectivity index (χ0) is 31.3. The summed E-state index contributed by atoms with van der Waals surface area (Å²) < 4.78 is 35.9. The molecule has 18 heteroatoms. The lowest BCUT2D eigenvalue weighted by Gasteiger charge is -2.32. The molecule has 17 nitrogen and oxygen atoms in total. The number of piperidine rings is 1. The van der Waals surface area contributed by atoms with Crippen LogP contribution in [0.15, 0.2) is 27.9 Å². The molecular weight excluding hydrogens is 590 g/mol. The van der Waals surface area contributed by atoms with Crippen molar-refractivity contribution in [2.45, 2.75) is 63.9 Å². The van der Waals surface area contributed by atoms with Gasteiger partial charge in [-0.25, -0.2) is 17.9 Å². The second-order valence-electron chi connectivity index (χ2n) is 10.1. The van der Waals surface area contributed by atoms with Crippen LogP contribution in [0.4, 0.5) is 0 Å². The van der Waals surface area contributed by atoms with Crippen molar-refractivity contribution in [1.29, 1.82) is 0 Å². The fourth-order valence-electron chi connectivity index (χ4n) is 5.19. The van der Waals surface area contributed by atoms with E-state index in [4.69, 9.17) is 4.74 Å². The Hall–Kier alpha value is -4.32. The number of benzene rings is 1. The zero-order valence-corrected chi connectivity index (χ0v) is 24.7. The molecule has 3 aromatic rings. The normalized spacial score (nSPS) is 15.3. The first-order valence-electron chi connectivity index (χ1n) is 13.8. The number of rotatable bonds is 14. The van der Waals surface area contributed by atoms with Gasteiger partial charge in [-0.05, 0) is 63.6 Å². The minimum Gasteiger partial charge on any atom is -0.493 e. The Labute approximate surface area is 246 Å². The Bertz CT molecular complexity index is 1650. The molecule has 234 valence electrons. The topological polar surface area (TPSA) is 214 Å². The van der Waals surface area contributed by atoms with Crippen LogP contribution in [-0.2, 0) is 26.1 Å². The molecule has 1 fully saturated rings. The van der Waals surface area contributed by atoms with Crippen LogP contribution in [0.25, 0.3) is 16.9 Å². The highest BCUT2D eigenvalue weighted by atomic mass is 32.2. The van der Waals surface area contributed by atoms with Gasteiger partial charge in [0, 0.05) is 19.5 Å². The van der Waals surface area contributed by atoms with Gasteiger partial charge in [0.1, 0.15) is 24.3 Å². The number of sulfonamides is 1. The molecule has 1 unspecified atom stereocenters. The summed E-state index contributed by atoms with van der Waals surface area (Å²) in [6, 6.07) is 4.35. The zero-order valence-electron chi connectivity index (χ0n) is 23.9. The van der Waals surface area contributed by atoms with Crippen molar-refractivity contribution in [1.82, 2.24) is 23.9 Å². The molecule has 1 saturated heterocycles. The van der Waals surface area contributed by atoms with E-state index in [2.05, 4.69) is 24.7 Å². The van der Waals surface area contributed by atoms with E-state index in [0.717, 1.165) is 6.42 Å². The molecule has 43 heavy (non-hydrogen) atoms. The Morgan fingerprint density at radius 3 is 2.51 bits per heavy atom. The van der Waals surface area contributed by atoms with E-state index in [9.17, 15) is 33.4 Å². The molecule has 0 saturated carbocycles. The van der Waals surface area contributed by atoms with E-state index in [0.29, 0.717) is 42.0 Å². The second-order valence-corrected chi connectivity index (χ2v) is 12.0. The van der Waals surface area contributed by atoms with Crippen molar-refractivity contribution in [3.05, 3.63) is 60.3 Å². The van der Waals surface area contributed by atoms with Gasteiger partial charge in [-0.3, -0.25) is 4.79 Å². The van der Waals surface area contributed by atoms with Gasteiger partial charge in [-0.2, -0.15) is 4.31 Å². The maximum Gasteiger partial charge on any atom is 0.294 e. The first-order valence-corrected chi connectivity index (χ1v) is 15.2. The van der Waals surface area contributed by atoms with Crippen LogP contribution in [0.2, 0.25) is 0 Å². The number of nitrogens with one attached hydrogen (secondary N) is 1. The fourth-order valence-corrected chi connectivity index (χ4v) is 6.69. The van der Waals surface area contributed by atoms with Crippen LogP contribution in [0, 0.1) is 33.1 Å². The number of aryl methyl sites for hydroxylation is 2. The predicted octanol–water partition coefficient (Wildman–Crippen LogP) is 2.32. The summed E-state index contributed by atoms with van der Waals surface area (Å²) in [5.41, 5.74) is 0.719.